The molecule has 0 aromatic carbocycles. The number of rotatable bonds is 11. The summed E-state index contributed by atoms with van der Waals surface area (Å²) in [5, 5.41) is 0. The van der Waals surface area contributed by atoms with E-state index >= 15 is 0 Å². The minimum absolute atomic E-state index is 0.0769. The van der Waals surface area contributed by atoms with Gasteiger partial charge in [-0.1, -0.05) is 4.57 Å². The van der Waals surface area contributed by atoms with Gasteiger partial charge in [-0.2, -0.15) is 19.8 Å². The molecule has 0 spiro atoms. The molecule has 0 aliphatic carbocycles. The summed E-state index contributed by atoms with van der Waals surface area (Å²) < 4.78 is 73.8. The number of nitrogen functional groups attached to an aromatic ring is 3. The Kier molecular flexibility index (Phi) is 15.8. The molecule has 8 N–H and O–H groups in total. The van der Waals surface area contributed by atoms with Crippen molar-refractivity contribution in [1.82, 2.24) is 28.7 Å². The zero-order chi connectivity index (χ0) is 40.4. The lowest BCUT2D eigenvalue weighted by atomic mass is 10.4. The fourth-order valence-corrected chi connectivity index (χ4v) is 7.25. The standard InChI is InChI=1S/C11H18N3O6P.C9H12N3O4P.C8H10N3O5P/c1-7(2)20-21(16,17)11-18-6-8(19-11)5-14-4-3-9(12)13-10(14)15;1-17(14)9-15-5-6(16-9)4-12-3-2-7(10)11-8(12)13;9-6-1-2-11(7(12)10-6)3-5-4-15-8(16-5)17(13)14/h3-4,7-8,11H,5-6H2,1-2H3,(H,16,17)(H2,12,13,15);2-3,6,9H,4-5H2,1H3,(H-,10,11,13);1-2,5,8H,3-4H2,(H2-,9,10,12,13,14)/p+2. The summed E-state index contributed by atoms with van der Waals surface area (Å²) in [4.78, 5) is 63.7. The predicted molar refractivity (Wildman–Crippen MR) is 192 cm³/mol. The first-order valence-corrected chi connectivity index (χ1v) is 21.0. The topological polar surface area (TPSA) is 339 Å². The van der Waals surface area contributed by atoms with Gasteiger partial charge in [-0.05, 0) is 36.6 Å². The highest BCUT2D eigenvalue weighted by atomic mass is 31.2. The summed E-state index contributed by atoms with van der Waals surface area (Å²) in [6, 6.07) is 1.37. The van der Waals surface area contributed by atoms with Crippen LogP contribution in [0.15, 0.2) is 51.2 Å². The minimum Gasteiger partial charge on any atom is -0.383 e. The van der Waals surface area contributed by atoms with Crippen LogP contribution < -0.4 is 34.3 Å². The van der Waals surface area contributed by atoms with Gasteiger partial charge in [0.05, 0.1) is 45.6 Å². The molecule has 3 aliphatic heterocycles. The second-order valence-electron chi connectivity index (χ2n) is 12.1. The van der Waals surface area contributed by atoms with Gasteiger partial charge in [-0.3, -0.25) is 18.3 Å². The van der Waals surface area contributed by atoms with Crippen LogP contribution >= 0.6 is 23.4 Å². The Balaban J connectivity index is 0.000000185. The van der Waals surface area contributed by atoms with Crippen LogP contribution in [0.2, 0.25) is 0 Å². The van der Waals surface area contributed by atoms with Crippen molar-refractivity contribution in [2.45, 2.75) is 76.0 Å². The van der Waals surface area contributed by atoms with Gasteiger partial charge in [0.1, 0.15) is 42.4 Å². The van der Waals surface area contributed by atoms with Crippen molar-refractivity contribution in [2.75, 3.05) is 43.7 Å². The van der Waals surface area contributed by atoms with Gasteiger partial charge in [0.2, 0.25) is 0 Å². The number of aromatic nitrogens is 6. The Morgan fingerprint density at radius 1 is 0.764 bits per heavy atom. The molecule has 0 bridgehead atoms. The highest BCUT2D eigenvalue weighted by Gasteiger charge is 2.43. The Bertz CT molecular complexity index is 1940. The summed E-state index contributed by atoms with van der Waals surface area (Å²) in [5.41, 5.74) is 14.7. The number of ether oxygens (including phenoxy) is 6. The summed E-state index contributed by atoms with van der Waals surface area (Å²) in [7, 11) is -8.09. The van der Waals surface area contributed by atoms with Crippen LogP contribution in [-0.2, 0) is 66.3 Å². The van der Waals surface area contributed by atoms with Gasteiger partial charge in [0.15, 0.2) is 0 Å². The van der Waals surface area contributed by atoms with Gasteiger partial charge in [-0.25, -0.2) is 14.4 Å². The Morgan fingerprint density at radius 3 is 1.49 bits per heavy atom. The molecular formula is C28H42N9O15P3+2. The molecule has 55 heavy (non-hydrogen) atoms. The molecule has 0 radical (unpaired) electrons. The van der Waals surface area contributed by atoms with E-state index in [4.69, 9.17) is 55.0 Å². The molecule has 24 nitrogen and oxygen atoms in total. The fraction of sp³-hybridized carbons (Fsp3) is 0.571. The first-order chi connectivity index (χ1) is 25.9. The highest BCUT2D eigenvalue weighted by molar-refractivity contribution is 7.53. The van der Waals surface area contributed by atoms with Crippen LogP contribution in [0.1, 0.15) is 13.8 Å². The quantitative estimate of drug-likeness (QED) is 0.150. The molecule has 0 saturated carbocycles. The second-order valence-corrected chi connectivity index (χ2v) is 16.4. The van der Waals surface area contributed by atoms with E-state index in [-0.39, 0.29) is 49.9 Å². The summed E-state index contributed by atoms with van der Waals surface area (Å²) >= 11 is 0. The molecule has 3 aliphatic rings. The predicted octanol–water partition coefficient (Wildman–Crippen LogP) is -0.624. The minimum atomic E-state index is -4.03. The van der Waals surface area contributed by atoms with E-state index in [1.165, 1.54) is 44.3 Å². The monoisotopic (exact) mass is 837 g/mol. The molecule has 27 heteroatoms. The first kappa shape index (κ1) is 43.8. The van der Waals surface area contributed by atoms with E-state index in [1.54, 1.807) is 26.7 Å². The third-order valence-corrected chi connectivity index (χ3v) is 10.2. The lowest BCUT2D eigenvalue weighted by Gasteiger charge is -2.19. The molecule has 3 saturated heterocycles. The van der Waals surface area contributed by atoms with Crippen LogP contribution in [0.5, 0.6) is 0 Å². The van der Waals surface area contributed by atoms with Crippen molar-refractivity contribution in [1.29, 1.82) is 0 Å². The van der Waals surface area contributed by atoms with Gasteiger partial charge in [-0.15, -0.1) is 0 Å². The van der Waals surface area contributed by atoms with Crippen LogP contribution in [0.25, 0.3) is 0 Å². The van der Waals surface area contributed by atoms with Crippen molar-refractivity contribution in [3.05, 3.63) is 68.2 Å². The van der Waals surface area contributed by atoms with E-state index in [0.29, 0.717) is 13.2 Å². The highest BCUT2D eigenvalue weighted by Crippen LogP contribution is 2.51. The summed E-state index contributed by atoms with van der Waals surface area (Å²) in [6.45, 7) is 6.01. The van der Waals surface area contributed by atoms with Gasteiger partial charge >= 0.3 is 52.6 Å². The van der Waals surface area contributed by atoms with E-state index in [0.717, 1.165) is 0 Å². The zero-order valence-electron chi connectivity index (χ0n) is 29.7. The van der Waals surface area contributed by atoms with Crippen molar-refractivity contribution in [3.63, 3.8) is 0 Å². The van der Waals surface area contributed by atoms with Crippen molar-refractivity contribution < 1.29 is 56.4 Å². The average Bonchev–Trinajstić information content (AvgIpc) is 3.87. The molecule has 3 fully saturated rings. The van der Waals surface area contributed by atoms with Gasteiger partial charge in [0.25, 0.3) is 6.03 Å². The second kappa shape index (κ2) is 19.8. The van der Waals surface area contributed by atoms with Crippen LogP contribution in [-0.4, -0.2) is 107 Å². The third-order valence-electron chi connectivity index (χ3n) is 7.19. The van der Waals surface area contributed by atoms with Crippen LogP contribution in [0.3, 0.4) is 0 Å². The number of nitrogens with zero attached hydrogens (tertiary/aromatic N) is 6. The Hall–Kier alpha value is -3.89. The molecule has 302 valence electrons. The Morgan fingerprint density at radius 2 is 1.15 bits per heavy atom. The first-order valence-electron chi connectivity index (χ1n) is 16.3. The maximum Gasteiger partial charge on any atom is 0.569 e. The number of anilines is 3. The molecule has 6 rings (SSSR count). The summed E-state index contributed by atoms with van der Waals surface area (Å²) in [6.07, 6.45) is 2.79. The average molecular weight is 838 g/mol. The van der Waals surface area contributed by atoms with Gasteiger partial charge in [0, 0.05) is 18.6 Å². The molecule has 3 aromatic heterocycles. The zero-order valence-corrected chi connectivity index (χ0v) is 32.4. The smallest absolute Gasteiger partial charge is 0.383 e. The Labute approximate surface area is 313 Å². The molecule has 6 heterocycles. The largest absolute Gasteiger partial charge is 0.569 e. The van der Waals surface area contributed by atoms with Gasteiger partial charge < -0.3 is 55.0 Å². The lowest BCUT2D eigenvalue weighted by molar-refractivity contribution is -0.0226. The molecule has 9 unspecified atom stereocenters. The number of hydrogen-bond acceptors (Lipinski definition) is 19. The molecule has 0 amide bonds. The van der Waals surface area contributed by atoms with E-state index in [9.17, 15) is 33.0 Å². The fourth-order valence-electron chi connectivity index (χ4n) is 4.82. The SMILES string of the molecule is CC(C)OP(=O)(O)C1OCC(Cn2ccc(N)nc2=O)O1.C[P+](=O)C1OCC(Cn2ccc(N)nc2=O)O1.Nc1ccn(CC2COC([P+](=O)O)O2)c(=O)n1. The van der Waals surface area contributed by atoms with Crippen LogP contribution in [0.4, 0.5) is 17.5 Å². The van der Waals surface area contributed by atoms with E-state index in [1.807, 2.05) is 0 Å². The maximum absolute atomic E-state index is 11.9. The van der Waals surface area contributed by atoms with Crippen molar-refractivity contribution in [3.8, 4) is 0 Å². The third kappa shape index (κ3) is 13.4. The van der Waals surface area contributed by atoms with E-state index < -0.39 is 76.9 Å². The van der Waals surface area contributed by atoms with Crippen LogP contribution in [0, 0.1) is 0 Å². The van der Waals surface area contributed by atoms with Crippen molar-refractivity contribution in [2.24, 2.45) is 0 Å². The van der Waals surface area contributed by atoms with E-state index in [2.05, 4.69) is 15.0 Å². The maximum atomic E-state index is 11.9. The van der Waals surface area contributed by atoms with Crippen molar-refractivity contribution >= 4 is 40.9 Å². The lowest BCUT2D eigenvalue weighted by Crippen LogP contribution is -2.29. The molecule has 3 aromatic rings. The molecule has 9 atom stereocenters. The molecular weight excluding hydrogens is 795 g/mol. The number of hydrogen-bond donors (Lipinski definition) is 5. The normalized spacial score (nSPS) is 25.0. The number of nitrogens with two attached hydrogens (primary N) is 3. The summed E-state index contributed by atoms with van der Waals surface area (Å²) in [5.74, 6) is 0.457.